The molecule has 2 aromatic carbocycles. The van der Waals surface area contributed by atoms with Crippen molar-refractivity contribution in [3.63, 3.8) is 0 Å². The summed E-state index contributed by atoms with van der Waals surface area (Å²) in [7, 11) is 1.23. The molecule has 2 aromatic rings. The lowest BCUT2D eigenvalue weighted by molar-refractivity contribution is -0.137. The smallest absolute Gasteiger partial charge is 0.417 e. The Hall–Kier alpha value is -2.74. The van der Waals surface area contributed by atoms with Crippen molar-refractivity contribution in [2.45, 2.75) is 6.18 Å². The van der Waals surface area contributed by atoms with Gasteiger partial charge in [0.1, 0.15) is 0 Å². The first-order chi connectivity index (χ1) is 12.2. The predicted molar refractivity (Wildman–Crippen MR) is 91.4 cm³/mol. The largest absolute Gasteiger partial charge is 0.465 e. The van der Waals surface area contributed by atoms with Gasteiger partial charge in [0.15, 0.2) is 0 Å². The van der Waals surface area contributed by atoms with Crippen LogP contribution in [0.5, 0.6) is 0 Å². The van der Waals surface area contributed by atoms with Crippen molar-refractivity contribution in [1.29, 1.82) is 0 Å². The molecule has 2 N–H and O–H groups in total. The Morgan fingerprint density at radius 3 is 2.50 bits per heavy atom. The maximum Gasteiger partial charge on any atom is 0.417 e. The third kappa shape index (κ3) is 5.13. The minimum atomic E-state index is -4.59. The third-order valence-electron chi connectivity index (χ3n) is 3.29. The monoisotopic (exact) mass is 386 g/mol. The molecule has 26 heavy (non-hydrogen) atoms. The maximum atomic E-state index is 12.8. The molecule has 9 heteroatoms. The van der Waals surface area contributed by atoms with Gasteiger partial charge in [-0.1, -0.05) is 17.7 Å². The lowest BCUT2D eigenvalue weighted by Gasteiger charge is -2.12. The van der Waals surface area contributed by atoms with Crippen LogP contribution in [-0.4, -0.2) is 25.5 Å². The molecule has 5 nitrogen and oxygen atoms in total. The van der Waals surface area contributed by atoms with Crippen LogP contribution in [0.15, 0.2) is 42.5 Å². The minimum Gasteiger partial charge on any atom is -0.465 e. The second-order valence-corrected chi connectivity index (χ2v) is 5.57. The second-order valence-electron chi connectivity index (χ2n) is 5.17. The number of carbonyl (C=O) groups is 2. The Morgan fingerprint density at radius 2 is 1.85 bits per heavy atom. The molecule has 2 rings (SSSR count). The van der Waals surface area contributed by atoms with Gasteiger partial charge in [-0.05, 0) is 36.4 Å². The molecule has 0 aromatic heterocycles. The van der Waals surface area contributed by atoms with E-state index < -0.39 is 28.6 Å². The van der Waals surface area contributed by atoms with Crippen LogP contribution in [0.4, 0.5) is 24.5 Å². The first-order valence-electron chi connectivity index (χ1n) is 7.29. The SMILES string of the molecule is COC(=O)c1cccc(NC(=O)CNc2ccc(Cl)c(C(F)(F)F)c2)c1. The molecule has 0 saturated heterocycles. The number of anilines is 2. The van der Waals surface area contributed by atoms with E-state index in [9.17, 15) is 22.8 Å². The van der Waals surface area contributed by atoms with Gasteiger partial charge in [0.05, 0.1) is 29.8 Å². The van der Waals surface area contributed by atoms with Gasteiger partial charge >= 0.3 is 12.1 Å². The Labute approximate surface area is 152 Å². The fourth-order valence-electron chi connectivity index (χ4n) is 2.08. The standard InChI is InChI=1S/C17H14ClF3N2O3/c1-26-16(25)10-3-2-4-12(7-10)23-15(24)9-22-11-5-6-14(18)13(8-11)17(19,20)21/h2-8,22H,9H2,1H3,(H,23,24). The summed E-state index contributed by atoms with van der Waals surface area (Å²) in [6.45, 7) is -0.276. The van der Waals surface area contributed by atoms with Gasteiger partial charge in [-0.15, -0.1) is 0 Å². The van der Waals surface area contributed by atoms with Gasteiger partial charge in [-0.25, -0.2) is 4.79 Å². The zero-order valence-electron chi connectivity index (χ0n) is 13.5. The number of carbonyl (C=O) groups excluding carboxylic acids is 2. The Bertz CT molecular complexity index is 825. The van der Waals surface area contributed by atoms with Crippen LogP contribution >= 0.6 is 11.6 Å². The van der Waals surface area contributed by atoms with Gasteiger partial charge in [0.2, 0.25) is 5.91 Å². The highest BCUT2D eigenvalue weighted by atomic mass is 35.5. The number of esters is 1. The Kier molecular flexibility index (Phi) is 6.10. The number of hydrogen-bond donors (Lipinski definition) is 2. The van der Waals surface area contributed by atoms with Gasteiger partial charge in [0.25, 0.3) is 0 Å². The molecule has 0 atom stereocenters. The van der Waals surface area contributed by atoms with E-state index in [1.807, 2.05) is 0 Å². The molecule has 0 heterocycles. The predicted octanol–water partition coefficient (Wildman–Crippen LogP) is 4.20. The van der Waals surface area contributed by atoms with E-state index in [2.05, 4.69) is 15.4 Å². The summed E-state index contributed by atoms with van der Waals surface area (Å²) in [4.78, 5) is 23.4. The molecule has 0 aliphatic carbocycles. The fourth-order valence-corrected chi connectivity index (χ4v) is 2.31. The van der Waals surface area contributed by atoms with Gasteiger partial charge < -0.3 is 15.4 Å². The van der Waals surface area contributed by atoms with Crippen LogP contribution in [0.2, 0.25) is 5.02 Å². The Morgan fingerprint density at radius 1 is 1.12 bits per heavy atom. The van der Waals surface area contributed by atoms with Crippen LogP contribution in [0, 0.1) is 0 Å². The van der Waals surface area contributed by atoms with E-state index in [0.717, 1.165) is 12.1 Å². The lowest BCUT2D eigenvalue weighted by Crippen LogP contribution is -2.22. The number of rotatable bonds is 5. The highest BCUT2D eigenvalue weighted by molar-refractivity contribution is 6.31. The fraction of sp³-hybridized carbons (Fsp3) is 0.176. The van der Waals surface area contributed by atoms with Crippen LogP contribution < -0.4 is 10.6 Å². The molecule has 0 aliphatic rings. The molecule has 1 amide bonds. The van der Waals surface area contributed by atoms with Crippen molar-refractivity contribution in [3.05, 3.63) is 58.6 Å². The zero-order chi connectivity index (χ0) is 19.3. The van der Waals surface area contributed by atoms with Crippen molar-refractivity contribution in [2.75, 3.05) is 24.3 Å². The maximum absolute atomic E-state index is 12.8. The molecule has 0 saturated carbocycles. The van der Waals surface area contributed by atoms with Gasteiger partial charge in [-0.3, -0.25) is 4.79 Å². The molecule has 0 bridgehead atoms. The van der Waals surface area contributed by atoms with Gasteiger partial charge in [0, 0.05) is 11.4 Å². The van der Waals surface area contributed by atoms with Crippen molar-refractivity contribution < 1.29 is 27.5 Å². The van der Waals surface area contributed by atoms with Crippen LogP contribution in [-0.2, 0) is 15.7 Å². The summed E-state index contributed by atoms with van der Waals surface area (Å²) in [6, 6.07) is 9.33. The quantitative estimate of drug-likeness (QED) is 0.756. The lowest BCUT2D eigenvalue weighted by atomic mass is 10.2. The number of hydrogen-bond acceptors (Lipinski definition) is 4. The molecular formula is C17H14ClF3N2O3. The Balaban J connectivity index is 2.00. The van der Waals surface area contributed by atoms with Crippen molar-refractivity contribution in [1.82, 2.24) is 0 Å². The summed E-state index contributed by atoms with van der Waals surface area (Å²) < 4.78 is 43.0. The summed E-state index contributed by atoms with van der Waals surface area (Å²) in [6.07, 6.45) is -4.59. The second kappa shape index (κ2) is 8.09. The normalized spacial score (nSPS) is 11.0. The van der Waals surface area contributed by atoms with E-state index in [0.29, 0.717) is 5.69 Å². The molecule has 138 valence electrons. The van der Waals surface area contributed by atoms with Crippen LogP contribution in [0.3, 0.4) is 0 Å². The van der Waals surface area contributed by atoms with E-state index in [-0.39, 0.29) is 17.8 Å². The van der Waals surface area contributed by atoms with Crippen molar-refractivity contribution in [3.8, 4) is 0 Å². The highest BCUT2D eigenvalue weighted by Crippen LogP contribution is 2.36. The van der Waals surface area contributed by atoms with E-state index in [1.54, 1.807) is 12.1 Å². The zero-order valence-corrected chi connectivity index (χ0v) is 14.2. The summed E-state index contributed by atoms with van der Waals surface area (Å²) >= 11 is 5.54. The van der Waals surface area contributed by atoms with E-state index in [4.69, 9.17) is 11.6 Å². The number of halogens is 4. The number of nitrogens with one attached hydrogen (secondary N) is 2. The number of ether oxygens (including phenoxy) is 1. The van der Waals surface area contributed by atoms with Crippen molar-refractivity contribution in [2.24, 2.45) is 0 Å². The summed E-state index contributed by atoms with van der Waals surface area (Å²) in [5, 5.41) is 4.70. The van der Waals surface area contributed by atoms with E-state index >= 15 is 0 Å². The summed E-state index contributed by atoms with van der Waals surface area (Å²) in [5.41, 5.74) is -0.284. The molecule has 0 aliphatic heterocycles. The average Bonchev–Trinajstić information content (AvgIpc) is 2.59. The molecular weight excluding hydrogens is 373 g/mol. The van der Waals surface area contributed by atoms with Crippen LogP contribution in [0.1, 0.15) is 15.9 Å². The topological polar surface area (TPSA) is 67.4 Å². The first kappa shape index (κ1) is 19.6. The third-order valence-corrected chi connectivity index (χ3v) is 3.62. The minimum absolute atomic E-state index is 0.0974. The van der Waals surface area contributed by atoms with Crippen molar-refractivity contribution >= 4 is 34.9 Å². The average molecular weight is 387 g/mol. The van der Waals surface area contributed by atoms with E-state index in [1.165, 1.54) is 25.3 Å². The summed E-state index contributed by atoms with van der Waals surface area (Å²) in [5.74, 6) is -1.06. The number of methoxy groups -OCH3 is 1. The van der Waals surface area contributed by atoms with Gasteiger partial charge in [-0.2, -0.15) is 13.2 Å². The molecule has 0 spiro atoms. The highest BCUT2D eigenvalue weighted by Gasteiger charge is 2.33. The molecule has 0 radical (unpaired) electrons. The number of alkyl halides is 3. The number of benzene rings is 2. The first-order valence-corrected chi connectivity index (χ1v) is 7.67. The molecule has 0 fully saturated rings. The van der Waals surface area contributed by atoms with Crippen LogP contribution in [0.25, 0.3) is 0 Å². The molecule has 0 unspecified atom stereocenters. The number of amides is 1.